The minimum atomic E-state index is -4.10. The molecule has 0 N–H and O–H groups in total. The van der Waals surface area contributed by atoms with Crippen LogP contribution in [0.15, 0.2) is 138 Å². The molecule has 7 heteroatoms. The lowest BCUT2D eigenvalue weighted by Crippen LogP contribution is -2.15. The van der Waals surface area contributed by atoms with Gasteiger partial charge in [-0.3, -0.25) is 4.98 Å². The van der Waals surface area contributed by atoms with E-state index in [0.29, 0.717) is 34.9 Å². The summed E-state index contributed by atoms with van der Waals surface area (Å²) < 4.78 is 43.1. The van der Waals surface area contributed by atoms with Gasteiger partial charge in [-0.1, -0.05) is 84.4 Å². The largest absolute Gasteiger partial charge is 0.497 e. The molecule has 7 rings (SSSR count). The zero-order valence-corrected chi connectivity index (χ0v) is 25.7. The van der Waals surface area contributed by atoms with Crippen molar-refractivity contribution in [3.63, 3.8) is 0 Å². The van der Waals surface area contributed by atoms with Gasteiger partial charge in [-0.25, -0.2) is 12.4 Å². The Kier molecular flexibility index (Phi) is 7.31. The monoisotopic (exact) mass is 610 g/mol. The van der Waals surface area contributed by atoms with Gasteiger partial charge < -0.3 is 9.47 Å². The van der Waals surface area contributed by atoms with E-state index < -0.39 is 10.0 Å². The summed E-state index contributed by atoms with van der Waals surface area (Å²) in [5, 5.41) is 1.57. The molecule has 7 aromatic rings. The molecule has 0 atom stereocenters. The van der Waals surface area contributed by atoms with Crippen LogP contribution in [0, 0.1) is 6.92 Å². The van der Waals surface area contributed by atoms with Gasteiger partial charge in [0.05, 0.1) is 34.3 Å². The summed E-state index contributed by atoms with van der Waals surface area (Å²) in [5.41, 5.74) is 6.02. The Bertz CT molecular complexity index is 2260. The van der Waals surface area contributed by atoms with Gasteiger partial charge in [-0.15, -0.1) is 0 Å². The topological polar surface area (TPSA) is 70.4 Å². The molecule has 0 unspecified atom stereocenters. The number of pyridine rings is 1. The average Bonchev–Trinajstić information content (AvgIpc) is 3.43. The molecule has 45 heavy (non-hydrogen) atoms. The lowest BCUT2D eigenvalue weighted by molar-refractivity contribution is 0.308. The summed E-state index contributed by atoms with van der Waals surface area (Å²) in [4.78, 5) is 4.83. The molecule has 0 saturated heterocycles. The van der Waals surface area contributed by atoms with Crippen LogP contribution in [-0.2, 0) is 16.6 Å². The standard InChI is InChI=1S/C38H30N2O4S/c1-26-14-20-30(21-15-26)45(41,42)40-34-13-7-6-11-32(34)36(28-16-18-29(43-2)19-17-28)38(40)37-31-12-8-24-39-33(31)22-23-35(37)44-25-27-9-4-3-5-10-27/h3-24H,25H2,1-2H3. The maximum atomic E-state index is 14.8. The van der Waals surface area contributed by atoms with E-state index in [2.05, 4.69) is 4.98 Å². The SMILES string of the molecule is COc1ccc(-c2c(-c3c(OCc4ccccc4)ccc4ncccc34)n(S(=O)(=O)c3ccc(C)cc3)c3ccccc23)cc1. The Balaban J connectivity index is 1.61. The van der Waals surface area contributed by atoms with Gasteiger partial charge in [-0.05, 0) is 66.6 Å². The second kappa shape index (κ2) is 11.6. The number of benzene rings is 5. The van der Waals surface area contributed by atoms with Crippen molar-refractivity contribution in [1.82, 2.24) is 8.96 Å². The van der Waals surface area contributed by atoms with Crippen LogP contribution in [0.3, 0.4) is 0 Å². The van der Waals surface area contributed by atoms with Crippen LogP contribution in [0.25, 0.3) is 44.2 Å². The molecular formula is C38H30N2O4S. The van der Waals surface area contributed by atoms with E-state index in [9.17, 15) is 8.42 Å². The van der Waals surface area contributed by atoms with Crippen molar-refractivity contribution in [2.45, 2.75) is 18.4 Å². The lowest BCUT2D eigenvalue weighted by Gasteiger charge is -2.19. The molecule has 0 aliphatic heterocycles. The number of hydrogen-bond donors (Lipinski definition) is 0. The summed E-state index contributed by atoms with van der Waals surface area (Å²) in [5.74, 6) is 1.26. The Morgan fingerprint density at radius 3 is 2.18 bits per heavy atom. The fraction of sp³-hybridized carbons (Fsp3) is 0.0789. The molecule has 0 radical (unpaired) electrons. The maximum absolute atomic E-state index is 14.8. The first kappa shape index (κ1) is 28.4. The number of aromatic nitrogens is 2. The highest BCUT2D eigenvalue weighted by atomic mass is 32.2. The number of nitrogens with zero attached hydrogens (tertiary/aromatic N) is 2. The van der Waals surface area contributed by atoms with Crippen molar-refractivity contribution in [3.8, 4) is 33.9 Å². The summed E-state index contributed by atoms with van der Waals surface area (Å²) in [6.07, 6.45) is 1.74. The third kappa shape index (κ3) is 5.11. The minimum absolute atomic E-state index is 0.196. The second-order valence-corrected chi connectivity index (χ2v) is 12.6. The summed E-state index contributed by atoms with van der Waals surface area (Å²) in [6, 6.07) is 39.8. The normalized spacial score (nSPS) is 11.6. The third-order valence-corrected chi connectivity index (χ3v) is 9.72. The van der Waals surface area contributed by atoms with Gasteiger partial charge in [0.2, 0.25) is 0 Å². The predicted molar refractivity (Wildman–Crippen MR) is 179 cm³/mol. The summed E-state index contributed by atoms with van der Waals surface area (Å²) in [6.45, 7) is 2.25. The van der Waals surface area contributed by atoms with E-state index in [0.717, 1.165) is 38.5 Å². The van der Waals surface area contributed by atoms with E-state index in [1.54, 1.807) is 25.4 Å². The number of hydrogen-bond acceptors (Lipinski definition) is 5. The van der Waals surface area contributed by atoms with E-state index in [4.69, 9.17) is 9.47 Å². The Morgan fingerprint density at radius 2 is 1.42 bits per heavy atom. The lowest BCUT2D eigenvalue weighted by atomic mass is 9.95. The van der Waals surface area contributed by atoms with E-state index in [1.807, 2.05) is 122 Å². The molecule has 5 aromatic carbocycles. The number of ether oxygens (including phenoxy) is 2. The average molecular weight is 611 g/mol. The predicted octanol–water partition coefficient (Wildman–Crippen LogP) is 8.66. The van der Waals surface area contributed by atoms with Crippen LogP contribution < -0.4 is 9.47 Å². The Hall–Kier alpha value is -5.40. The van der Waals surface area contributed by atoms with Crippen molar-refractivity contribution in [2.75, 3.05) is 7.11 Å². The fourth-order valence-corrected chi connectivity index (χ4v) is 7.32. The molecule has 222 valence electrons. The minimum Gasteiger partial charge on any atom is -0.497 e. The maximum Gasteiger partial charge on any atom is 0.268 e. The number of fused-ring (bicyclic) bond motifs is 2. The molecule has 0 spiro atoms. The first-order valence-electron chi connectivity index (χ1n) is 14.6. The molecule has 2 heterocycles. The van der Waals surface area contributed by atoms with E-state index >= 15 is 0 Å². The van der Waals surface area contributed by atoms with Crippen LogP contribution in [0.1, 0.15) is 11.1 Å². The highest BCUT2D eigenvalue weighted by molar-refractivity contribution is 7.90. The quantitative estimate of drug-likeness (QED) is 0.172. The van der Waals surface area contributed by atoms with Crippen molar-refractivity contribution < 1.29 is 17.9 Å². The molecule has 6 nitrogen and oxygen atoms in total. The highest BCUT2D eigenvalue weighted by Crippen LogP contribution is 2.48. The summed E-state index contributed by atoms with van der Waals surface area (Å²) in [7, 11) is -2.47. The van der Waals surface area contributed by atoms with Crippen LogP contribution in [0.4, 0.5) is 0 Å². The van der Waals surface area contributed by atoms with Crippen molar-refractivity contribution in [2.24, 2.45) is 0 Å². The van der Waals surface area contributed by atoms with Crippen LogP contribution in [0.2, 0.25) is 0 Å². The first-order chi connectivity index (χ1) is 22.0. The van der Waals surface area contributed by atoms with Crippen molar-refractivity contribution in [1.29, 1.82) is 0 Å². The van der Waals surface area contributed by atoms with Crippen LogP contribution >= 0.6 is 0 Å². The zero-order valence-electron chi connectivity index (χ0n) is 24.8. The van der Waals surface area contributed by atoms with Crippen molar-refractivity contribution >= 4 is 31.8 Å². The molecule has 0 bridgehead atoms. The van der Waals surface area contributed by atoms with Gasteiger partial charge in [0.15, 0.2) is 0 Å². The molecular weight excluding hydrogens is 580 g/mol. The van der Waals surface area contributed by atoms with Gasteiger partial charge >= 0.3 is 0 Å². The second-order valence-electron chi connectivity index (χ2n) is 10.8. The first-order valence-corrected chi connectivity index (χ1v) is 16.0. The highest BCUT2D eigenvalue weighted by Gasteiger charge is 2.31. The van der Waals surface area contributed by atoms with Gasteiger partial charge in [-0.2, -0.15) is 0 Å². The molecule has 0 saturated carbocycles. The van der Waals surface area contributed by atoms with Gasteiger partial charge in [0.1, 0.15) is 18.1 Å². The van der Waals surface area contributed by atoms with E-state index in [1.165, 1.54) is 3.97 Å². The molecule has 0 amide bonds. The smallest absolute Gasteiger partial charge is 0.268 e. The Labute approximate surface area is 262 Å². The molecule has 2 aromatic heterocycles. The Morgan fingerprint density at radius 1 is 0.711 bits per heavy atom. The van der Waals surface area contributed by atoms with E-state index in [-0.39, 0.29) is 4.90 Å². The summed E-state index contributed by atoms with van der Waals surface area (Å²) >= 11 is 0. The van der Waals surface area contributed by atoms with Gasteiger partial charge in [0.25, 0.3) is 10.0 Å². The fourth-order valence-electron chi connectivity index (χ4n) is 5.79. The molecule has 0 aliphatic carbocycles. The van der Waals surface area contributed by atoms with Gasteiger partial charge in [0, 0.05) is 22.5 Å². The van der Waals surface area contributed by atoms with Crippen molar-refractivity contribution in [3.05, 3.63) is 145 Å². The third-order valence-electron chi connectivity index (χ3n) is 7.99. The number of aryl methyl sites for hydroxylation is 1. The number of methoxy groups -OCH3 is 1. The number of rotatable bonds is 8. The van der Waals surface area contributed by atoms with Crippen LogP contribution in [-0.4, -0.2) is 24.5 Å². The molecule has 0 aliphatic rings. The van der Waals surface area contributed by atoms with Crippen LogP contribution in [0.5, 0.6) is 11.5 Å². The number of para-hydroxylation sites is 1. The molecule has 0 fully saturated rings. The zero-order chi connectivity index (χ0) is 31.0.